The van der Waals surface area contributed by atoms with Gasteiger partial charge in [0.1, 0.15) is 6.33 Å². The number of anilines is 1. The summed E-state index contributed by atoms with van der Waals surface area (Å²) in [4.78, 5) is 17.8. The Labute approximate surface area is 177 Å². The maximum atomic E-state index is 12.5. The summed E-state index contributed by atoms with van der Waals surface area (Å²) in [5.41, 5.74) is 3.39. The average molecular weight is 421 g/mol. The lowest BCUT2D eigenvalue weighted by atomic mass is 10.1. The van der Waals surface area contributed by atoms with Crippen LogP contribution in [-0.4, -0.2) is 21.1 Å². The van der Waals surface area contributed by atoms with Gasteiger partial charge in [0.05, 0.1) is 0 Å². The molecule has 0 aliphatic heterocycles. The summed E-state index contributed by atoms with van der Waals surface area (Å²) in [6.07, 6.45) is 1.46. The summed E-state index contributed by atoms with van der Waals surface area (Å²) in [6, 6.07) is 22.9. The molecule has 29 heavy (non-hydrogen) atoms. The fraction of sp³-hybridized carbons (Fsp3) is 0.0455. The van der Waals surface area contributed by atoms with E-state index in [4.69, 9.17) is 11.6 Å². The van der Waals surface area contributed by atoms with Gasteiger partial charge in [-0.2, -0.15) is 5.10 Å². The highest BCUT2D eigenvalue weighted by atomic mass is 35.5. The number of amides is 1. The summed E-state index contributed by atoms with van der Waals surface area (Å²) in [7, 11) is 0. The van der Waals surface area contributed by atoms with Gasteiger partial charge in [0.15, 0.2) is 5.82 Å². The van der Waals surface area contributed by atoms with Crippen molar-refractivity contribution in [3.63, 3.8) is 0 Å². The predicted octanol–water partition coefficient (Wildman–Crippen LogP) is 5.67. The Bertz CT molecular complexity index is 1080. The molecule has 1 aromatic heterocycles. The molecule has 4 rings (SSSR count). The molecule has 0 bridgehead atoms. The maximum absolute atomic E-state index is 12.5. The molecule has 0 saturated heterocycles. The average Bonchev–Trinajstić information content (AvgIpc) is 3.29. The molecule has 0 saturated carbocycles. The molecular formula is C22H17ClN4OS. The summed E-state index contributed by atoms with van der Waals surface area (Å²) in [6.45, 7) is 0. The number of nitrogens with zero attached hydrogens (tertiary/aromatic N) is 2. The van der Waals surface area contributed by atoms with Crippen LogP contribution in [0.1, 0.15) is 15.9 Å². The molecule has 1 heterocycles. The van der Waals surface area contributed by atoms with Crippen molar-refractivity contribution in [3.05, 3.63) is 95.3 Å². The summed E-state index contributed by atoms with van der Waals surface area (Å²) >= 11 is 7.64. The molecule has 0 spiro atoms. The van der Waals surface area contributed by atoms with Gasteiger partial charge in [0.2, 0.25) is 0 Å². The highest BCUT2D eigenvalue weighted by Crippen LogP contribution is 2.24. The van der Waals surface area contributed by atoms with Gasteiger partial charge in [0.25, 0.3) is 5.91 Å². The Balaban J connectivity index is 1.34. The van der Waals surface area contributed by atoms with E-state index in [0.29, 0.717) is 11.4 Å². The van der Waals surface area contributed by atoms with Gasteiger partial charge in [-0.25, -0.2) is 4.98 Å². The minimum atomic E-state index is -0.144. The van der Waals surface area contributed by atoms with E-state index in [2.05, 4.69) is 20.5 Å². The van der Waals surface area contributed by atoms with Crippen LogP contribution in [0.15, 0.2) is 84.0 Å². The topological polar surface area (TPSA) is 70.7 Å². The van der Waals surface area contributed by atoms with Crippen LogP contribution >= 0.6 is 23.4 Å². The third-order valence-corrected chi connectivity index (χ3v) is 5.60. The van der Waals surface area contributed by atoms with Gasteiger partial charge in [-0.1, -0.05) is 23.7 Å². The van der Waals surface area contributed by atoms with Crippen molar-refractivity contribution in [2.75, 3.05) is 5.32 Å². The number of nitrogens with one attached hydrogen (secondary N) is 2. The lowest BCUT2D eigenvalue weighted by molar-refractivity contribution is 0.102. The van der Waals surface area contributed by atoms with Gasteiger partial charge in [-0.15, -0.1) is 11.8 Å². The van der Waals surface area contributed by atoms with E-state index in [1.165, 1.54) is 6.33 Å². The van der Waals surface area contributed by atoms with Gasteiger partial charge in [0, 0.05) is 32.5 Å². The number of thioether (sulfide) groups is 1. The molecule has 5 nitrogen and oxygen atoms in total. The summed E-state index contributed by atoms with van der Waals surface area (Å²) in [5, 5.41) is 10.3. The molecule has 7 heteroatoms. The SMILES string of the molecule is O=C(Nc1ccc(-c2ncn[nH]2)cc1)c1ccc(CSc2ccc(Cl)cc2)cc1. The van der Waals surface area contributed by atoms with Crippen molar-refractivity contribution in [2.24, 2.45) is 0 Å². The number of hydrogen-bond donors (Lipinski definition) is 2. The van der Waals surface area contributed by atoms with Crippen molar-refractivity contribution in [1.29, 1.82) is 0 Å². The fourth-order valence-corrected chi connectivity index (χ4v) is 3.69. The number of halogens is 1. The van der Waals surface area contributed by atoms with Gasteiger partial charge < -0.3 is 5.32 Å². The van der Waals surface area contributed by atoms with Crippen LogP contribution in [0.3, 0.4) is 0 Å². The highest BCUT2D eigenvalue weighted by Gasteiger charge is 2.07. The van der Waals surface area contributed by atoms with Crippen LogP contribution < -0.4 is 5.32 Å². The molecule has 0 fully saturated rings. The number of carbonyl (C=O) groups excluding carboxylic acids is 1. The minimum Gasteiger partial charge on any atom is -0.322 e. The molecule has 0 aliphatic rings. The molecule has 0 atom stereocenters. The Kier molecular flexibility index (Phi) is 5.93. The van der Waals surface area contributed by atoms with Gasteiger partial charge in [-0.3, -0.25) is 9.89 Å². The van der Waals surface area contributed by atoms with Crippen LogP contribution in [0.4, 0.5) is 5.69 Å². The van der Waals surface area contributed by atoms with Gasteiger partial charge in [-0.05, 0) is 66.2 Å². The number of H-pyrrole nitrogens is 1. The van der Waals surface area contributed by atoms with E-state index < -0.39 is 0 Å². The predicted molar refractivity (Wildman–Crippen MR) is 117 cm³/mol. The van der Waals surface area contributed by atoms with Crippen molar-refractivity contribution in [2.45, 2.75) is 10.6 Å². The van der Waals surface area contributed by atoms with Crippen molar-refractivity contribution in [1.82, 2.24) is 15.2 Å². The van der Waals surface area contributed by atoms with Crippen LogP contribution in [-0.2, 0) is 5.75 Å². The van der Waals surface area contributed by atoms with Crippen LogP contribution in [0.25, 0.3) is 11.4 Å². The quantitative estimate of drug-likeness (QED) is 0.394. The van der Waals surface area contributed by atoms with Crippen molar-refractivity contribution in [3.8, 4) is 11.4 Å². The van der Waals surface area contributed by atoms with E-state index in [1.54, 1.807) is 11.8 Å². The first kappa shape index (κ1) is 19.2. The Hall–Kier alpha value is -3.09. The molecule has 0 unspecified atom stereocenters. The molecular weight excluding hydrogens is 404 g/mol. The van der Waals surface area contributed by atoms with Crippen molar-refractivity contribution < 1.29 is 4.79 Å². The smallest absolute Gasteiger partial charge is 0.255 e. The summed E-state index contributed by atoms with van der Waals surface area (Å²) < 4.78 is 0. The van der Waals surface area contributed by atoms with Crippen LogP contribution in [0.5, 0.6) is 0 Å². The zero-order chi connectivity index (χ0) is 20.1. The molecule has 0 aliphatic carbocycles. The van der Waals surface area contributed by atoms with Crippen molar-refractivity contribution >= 4 is 35.0 Å². The molecule has 144 valence electrons. The monoisotopic (exact) mass is 420 g/mol. The molecule has 1 amide bonds. The Morgan fingerprint density at radius 3 is 2.34 bits per heavy atom. The van der Waals surface area contributed by atoms with E-state index in [9.17, 15) is 4.79 Å². The Morgan fingerprint density at radius 2 is 1.69 bits per heavy atom. The minimum absolute atomic E-state index is 0.144. The second kappa shape index (κ2) is 8.94. The molecule has 2 N–H and O–H groups in total. The number of carbonyl (C=O) groups is 1. The third-order valence-electron chi connectivity index (χ3n) is 4.27. The normalized spacial score (nSPS) is 10.7. The zero-order valence-electron chi connectivity index (χ0n) is 15.3. The highest BCUT2D eigenvalue weighted by molar-refractivity contribution is 7.98. The molecule has 3 aromatic carbocycles. The molecule has 0 radical (unpaired) electrons. The lowest BCUT2D eigenvalue weighted by Gasteiger charge is -2.07. The van der Waals surface area contributed by atoms with Gasteiger partial charge >= 0.3 is 0 Å². The number of rotatable bonds is 6. The van der Waals surface area contributed by atoms with E-state index in [1.807, 2.05) is 72.8 Å². The lowest BCUT2D eigenvalue weighted by Crippen LogP contribution is -2.11. The van der Waals surface area contributed by atoms with E-state index in [0.717, 1.165) is 32.5 Å². The molecule has 4 aromatic rings. The third kappa shape index (κ3) is 5.04. The zero-order valence-corrected chi connectivity index (χ0v) is 16.9. The van der Waals surface area contributed by atoms with E-state index in [-0.39, 0.29) is 5.91 Å². The first-order valence-corrected chi connectivity index (χ1v) is 10.3. The number of aromatic amines is 1. The second-order valence-electron chi connectivity index (χ2n) is 6.31. The number of benzene rings is 3. The number of hydrogen-bond acceptors (Lipinski definition) is 4. The largest absolute Gasteiger partial charge is 0.322 e. The summed E-state index contributed by atoms with van der Waals surface area (Å²) in [5.74, 6) is 1.37. The second-order valence-corrected chi connectivity index (χ2v) is 7.79. The first-order chi connectivity index (χ1) is 14.2. The van der Waals surface area contributed by atoms with E-state index >= 15 is 0 Å². The van der Waals surface area contributed by atoms with Crippen LogP contribution in [0.2, 0.25) is 5.02 Å². The Morgan fingerprint density at radius 1 is 0.966 bits per heavy atom. The fourth-order valence-electron chi connectivity index (χ4n) is 2.71. The number of aromatic nitrogens is 3. The maximum Gasteiger partial charge on any atom is 0.255 e. The standard InChI is InChI=1S/C22H17ClN4OS/c23-18-7-11-20(12-8-18)29-13-15-1-3-17(4-2-15)22(28)26-19-9-5-16(6-10-19)21-24-14-25-27-21/h1-12,14H,13H2,(H,26,28)(H,24,25,27). The van der Waals surface area contributed by atoms with Crippen LogP contribution in [0, 0.1) is 0 Å². The first-order valence-electron chi connectivity index (χ1n) is 8.92.